The van der Waals surface area contributed by atoms with E-state index in [1.54, 1.807) is 0 Å². The standard InChI is InChI=1S/C16H17BrFN5O2S/c1-16(2,3)10-23(15-13(17)9-20-14(8-19)21-15)22-26(24,25)12-6-4-11(18)5-7-12/h4-7,9,22H,10H2,1-3H3. The van der Waals surface area contributed by atoms with Crippen LogP contribution in [0.2, 0.25) is 0 Å². The monoisotopic (exact) mass is 441 g/mol. The van der Waals surface area contributed by atoms with E-state index in [2.05, 4.69) is 30.7 Å². The Morgan fingerprint density at radius 2 is 1.92 bits per heavy atom. The summed E-state index contributed by atoms with van der Waals surface area (Å²) in [6, 6.07) is 6.30. The molecule has 0 aliphatic heterocycles. The van der Waals surface area contributed by atoms with E-state index in [1.165, 1.54) is 23.3 Å². The minimum Gasteiger partial charge on any atom is -0.277 e. The van der Waals surface area contributed by atoms with Gasteiger partial charge in [-0.3, -0.25) is 5.01 Å². The molecule has 0 fully saturated rings. The predicted octanol–water partition coefficient (Wildman–Crippen LogP) is 3.00. The molecule has 0 saturated heterocycles. The van der Waals surface area contributed by atoms with Crippen LogP contribution in [0.15, 0.2) is 39.8 Å². The predicted molar refractivity (Wildman–Crippen MR) is 98.0 cm³/mol. The minimum atomic E-state index is -3.99. The number of nitrogens with one attached hydrogen (secondary N) is 1. The van der Waals surface area contributed by atoms with Crippen LogP contribution in [-0.4, -0.2) is 24.9 Å². The molecule has 1 heterocycles. The van der Waals surface area contributed by atoms with E-state index in [1.807, 2.05) is 26.8 Å². The molecule has 0 unspecified atom stereocenters. The lowest BCUT2D eigenvalue weighted by molar-refractivity contribution is 0.401. The van der Waals surface area contributed by atoms with E-state index in [4.69, 9.17) is 5.26 Å². The van der Waals surface area contributed by atoms with Crippen LogP contribution >= 0.6 is 15.9 Å². The lowest BCUT2D eigenvalue weighted by atomic mass is 9.97. The third-order valence-electron chi connectivity index (χ3n) is 3.07. The second kappa shape index (κ2) is 7.65. The second-order valence-electron chi connectivity index (χ2n) is 6.67. The number of nitriles is 1. The fraction of sp³-hybridized carbons (Fsp3) is 0.312. The highest BCUT2D eigenvalue weighted by Gasteiger charge is 2.26. The highest BCUT2D eigenvalue weighted by Crippen LogP contribution is 2.26. The van der Waals surface area contributed by atoms with Gasteiger partial charge in [0.1, 0.15) is 11.9 Å². The van der Waals surface area contributed by atoms with E-state index < -0.39 is 15.8 Å². The van der Waals surface area contributed by atoms with Crippen molar-refractivity contribution in [2.24, 2.45) is 5.41 Å². The van der Waals surface area contributed by atoms with Crippen molar-refractivity contribution < 1.29 is 12.8 Å². The second-order valence-corrected chi connectivity index (χ2v) is 9.19. The molecule has 1 aromatic heterocycles. The van der Waals surface area contributed by atoms with E-state index in [0.717, 1.165) is 12.1 Å². The molecule has 138 valence electrons. The Balaban J connectivity index is 2.46. The van der Waals surface area contributed by atoms with Crippen molar-refractivity contribution in [1.82, 2.24) is 14.8 Å². The van der Waals surface area contributed by atoms with Gasteiger partial charge in [-0.25, -0.2) is 17.8 Å². The van der Waals surface area contributed by atoms with Crippen LogP contribution in [0.1, 0.15) is 26.6 Å². The van der Waals surface area contributed by atoms with Crippen molar-refractivity contribution in [2.45, 2.75) is 25.7 Å². The Hall–Kier alpha value is -2.09. The first-order chi connectivity index (χ1) is 12.0. The lowest BCUT2D eigenvalue weighted by Gasteiger charge is -2.31. The summed E-state index contributed by atoms with van der Waals surface area (Å²) in [5.74, 6) is -0.423. The van der Waals surface area contributed by atoms with E-state index in [0.29, 0.717) is 4.47 Å². The molecule has 0 aliphatic rings. The van der Waals surface area contributed by atoms with Crippen molar-refractivity contribution in [1.29, 1.82) is 5.26 Å². The van der Waals surface area contributed by atoms with Crippen LogP contribution in [0, 0.1) is 22.6 Å². The van der Waals surface area contributed by atoms with Crippen molar-refractivity contribution >= 4 is 31.8 Å². The van der Waals surface area contributed by atoms with Gasteiger partial charge in [-0.2, -0.15) is 10.2 Å². The molecule has 0 radical (unpaired) electrons. The highest BCUT2D eigenvalue weighted by atomic mass is 79.9. The Morgan fingerprint density at radius 1 is 1.31 bits per heavy atom. The fourth-order valence-corrected chi connectivity index (χ4v) is 3.48. The van der Waals surface area contributed by atoms with Crippen molar-refractivity contribution in [3.8, 4) is 6.07 Å². The molecule has 10 heteroatoms. The van der Waals surface area contributed by atoms with E-state index in [9.17, 15) is 12.8 Å². The molecular formula is C16H17BrFN5O2S. The quantitative estimate of drug-likeness (QED) is 0.715. The lowest BCUT2D eigenvalue weighted by Crippen LogP contribution is -2.47. The minimum absolute atomic E-state index is 0.0940. The average molecular weight is 442 g/mol. The van der Waals surface area contributed by atoms with Gasteiger partial charge in [-0.1, -0.05) is 20.8 Å². The zero-order valence-corrected chi connectivity index (χ0v) is 16.8. The molecule has 0 aliphatic carbocycles. The Kier molecular flexibility index (Phi) is 5.95. The van der Waals surface area contributed by atoms with Gasteiger partial charge in [0, 0.05) is 12.7 Å². The first-order valence-electron chi connectivity index (χ1n) is 7.50. The smallest absolute Gasteiger partial charge is 0.257 e. The number of hydrogen-bond acceptors (Lipinski definition) is 6. The van der Waals surface area contributed by atoms with Gasteiger partial charge in [-0.15, -0.1) is 4.83 Å². The molecule has 7 nitrogen and oxygen atoms in total. The molecular weight excluding hydrogens is 425 g/mol. The topological polar surface area (TPSA) is 99.0 Å². The zero-order chi connectivity index (χ0) is 19.5. The van der Waals surface area contributed by atoms with Crippen LogP contribution in [-0.2, 0) is 10.0 Å². The number of hydrogen-bond donors (Lipinski definition) is 1. The third kappa shape index (κ3) is 5.20. The summed E-state index contributed by atoms with van der Waals surface area (Å²) in [6.45, 7) is 6.03. The molecule has 0 atom stereocenters. The first kappa shape index (κ1) is 20.2. The van der Waals surface area contributed by atoms with Gasteiger partial charge >= 0.3 is 0 Å². The zero-order valence-electron chi connectivity index (χ0n) is 14.4. The SMILES string of the molecule is CC(C)(C)CN(NS(=O)(=O)c1ccc(F)cc1)c1nc(C#N)ncc1Br. The van der Waals surface area contributed by atoms with Gasteiger partial charge < -0.3 is 0 Å². The summed E-state index contributed by atoms with van der Waals surface area (Å²) in [5, 5.41) is 10.3. The molecule has 0 saturated carbocycles. The summed E-state index contributed by atoms with van der Waals surface area (Å²) in [6.07, 6.45) is 1.38. The number of hydrazine groups is 1. The normalized spacial score (nSPS) is 11.8. The molecule has 0 amide bonds. The maximum Gasteiger partial charge on any atom is 0.257 e. The number of sulfonamides is 1. The molecule has 26 heavy (non-hydrogen) atoms. The van der Waals surface area contributed by atoms with Gasteiger partial charge in [-0.05, 0) is 45.6 Å². The third-order valence-corrected chi connectivity index (χ3v) is 4.98. The molecule has 2 rings (SSSR count). The highest BCUT2D eigenvalue weighted by molar-refractivity contribution is 9.10. The number of nitrogens with zero attached hydrogens (tertiary/aromatic N) is 4. The van der Waals surface area contributed by atoms with Crippen LogP contribution < -0.4 is 9.84 Å². The summed E-state index contributed by atoms with van der Waals surface area (Å²) >= 11 is 3.28. The Bertz CT molecular complexity index is 937. The molecule has 1 N–H and O–H groups in total. The van der Waals surface area contributed by atoms with E-state index in [-0.39, 0.29) is 28.5 Å². The van der Waals surface area contributed by atoms with Gasteiger partial charge in [0.25, 0.3) is 10.0 Å². The van der Waals surface area contributed by atoms with Gasteiger partial charge in [0.05, 0.1) is 9.37 Å². The Labute approximate surface area is 160 Å². The van der Waals surface area contributed by atoms with Crippen LogP contribution in [0.4, 0.5) is 10.2 Å². The van der Waals surface area contributed by atoms with Crippen LogP contribution in [0.3, 0.4) is 0 Å². The van der Waals surface area contributed by atoms with Crippen LogP contribution in [0.25, 0.3) is 0 Å². The number of anilines is 1. The average Bonchev–Trinajstić information content (AvgIpc) is 2.53. The maximum absolute atomic E-state index is 13.1. The fourth-order valence-electron chi connectivity index (χ4n) is 2.04. The molecule has 2 aromatic rings. The summed E-state index contributed by atoms with van der Waals surface area (Å²) in [5.41, 5.74) is -0.303. The summed E-state index contributed by atoms with van der Waals surface area (Å²) in [7, 11) is -3.99. The number of benzene rings is 1. The van der Waals surface area contributed by atoms with Gasteiger partial charge in [0.2, 0.25) is 5.82 Å². The van der Waals surface area contributed by atoms with Crippen molar-refractivity contribution in [3.05, 3.63) is 46.6 Å². The number of halogens is 2. The van der Waals surface area contributed by atoms with Gasteiger partial charge in [0.15, 0.2) is 5.82 Å². The van der Waals surface area contributed by atoms with Crippen LogP contribution in [0.5, 0.6) is 0 Å². The molecule has 0 spiro atoms. The molecule has 1 aromatic carbocycles. The van der Waals surface area contributed by atoms with E-state index >= 15 is 0 Å². The summed E-state index contributed by atoms with van der Waals surface area (Å²) in [4.78, 5) is 10.3. The maximum atomic E-state index is 13.1. The largest absolute Gasteiger partial charge is 0.277 e. The number of rotatable bonds is 5. The van der Waals surface area contributed by atoms with Crippen molar-refractivity contribution in [3.63, 3.8) is 0 Å². The number of aromatic nitrogens is 2. The summed E-state index contributed by atoms with van der Waals surface area (Å²) < 4.78 is 38.9. The Morgan fingerprint density at radius 3 is 2.46 bits per heavy atom. The van der Waals surface area contributed by atoms with Crippen molar-refractivity contribution in [2.75, 3.05) is 11.6 Å². The molecule has 0 bridgehead atoms. The first-order valence-corrected chi connectivity index (χ1v) is 9.78.